The van der Waals surface area contributed by atoms with Crippen LogP contribution in [-0.4, -0.2) is 12.6 Å². The lowest BCUT2D eigenvalue weighted by atomic mass is 9.64. The summed E-state index contributed by atoms with van der Waals surface area (Å²) in [6.45, 7) is 11.1. The molecule has 2 fully saturated rings. The van der Waals surface area contributed by atoms with Crippen LogP contribution in [0.5, 0.6) is 0 Å². The van der Waals surface area contributed by atoms with Gasteiger partial charge in [0.05, 0.1) is 0 Å². The molecule has 0 radical (unpaired) electrons. The second-order valence-electron chi connectivity index (χ2n) is 7.58. The summed E-state index contributed by atoms with van der Waals surface area (Å²) in [7, 11) is 0. The quantitative estimate of drug-likeness (QED) is 0.754. The summed E-state index contributed by atoms with van der Waals surface area (Å²) in [6, 6.07) is 0.870. The van der Waals surface area contributed by atoms with Crippen molar-refractivity contribution < 1.29 is 0 Å². The van der Waals surface area contributed by atoms with Gasteiger partial charge in [-0.15, -0.1) is 0 Å². The average molecular weight is 237 g/mol. The molecule has 2 saturated carbocycles. The van der Waals surface area contributed by atoms with E-state index in [-0.39, 0.29) is 0 Å². The van der Waals surface area contributed by atoms with Crippen molar-refractivity contribution >= 4 is 0 Å². The van der Waals surface area contributed by atoms with Crippen molar-refractivity contribution in [1.82, 2.24) is 5.32 Å². The van der Waals surface area contributed by atoms with Crippen LogP contribution in [0.2, 0.25) is 0 Å². The minimum atomic E-state index is 0.533. The van der Waals surface area contributed by atoms with Gasteiger partial charge in [0.2, 0.25) is 0 Å². The molecule has 2 rings (SSSR count). The molecule has 0 saturated heterocycles. The smallest absolute Gasteiger partial charge is 0.00682 e. The van der Waals surface area contributed by atoms with E-state index in [9.17, 15) is 0 Å². The fourth-order valence-corrected chi connectivity index (χ4v) is 3.68. The van der Waals surface area contributed by atoms with Crippen molar-refractivity contribution in [2.24, 2.45) is 23.2 Å². The maximum atomic E-state index is 3.67. The van der Waals surface area contributed by atoms with E-state index >= 15 is 0 Å². The first kappa shape index (κ1) is 13.4. The average Bonchev–Trinajstić information content (AvgIpc) is 3.00. The molecular weight excluding hydrogens is 206 g/mol. The molecule has 0 heterocycles. The van der Waals surface area contributed by atoms with Crippen molar-refractivity contribution in [1.29, 1.82) is 0 Å². The van der Waals surface area contributed by atoms with Crippen LogP contribution in [0, 0.1) is 23.2 Å². The summed E-state index contributed by atoms with van der Waals surface area (Å²) < 4.78 is 0. The Labute approximate surface area is 108 Å². The van der Waals surface area contributed by atoms with E-state index in [1.807, 2.05) is 0 Å². The summed E-state index contributed by atoms with van der Waals surface area (Å²) in [5.41, 5.74) is 0.533. The van der Waals surface area contributed by atoms with E-state index in [1.54, 1.807) is 0 Å². The fourth-order valence-electron chi connectivity index (χ4n) is 3.68. The van der Waals surface area contributed by atoms with E-state index in [2.05, 4.69) is 33.0 Å². The Kier molecular flexibility index (Phi) is 4.18. The summed E-state index contributed by atoms with van der Waals surface area (Å²) >= 11 is 0. The summed E-state index contributed by atoms with van der Waals surface area (Å²) in [5, 5.41) is 3.67. The first-order chi connectivity index (χ1) is 7.97. The largest absolute Gasteiger partial charge is 0.314 e. The van der Waals surface area contributed by atoms with Gasteiger partial charge in [0.15, 0.2) is 0 Å². The molecule has 0 aromatic carbocycles. The predicted molar refractivity (Wildman–Crippen MR) is 75.1 cm³/mol. The molecule has 0 spiro atoms. The van der Waals surface area contributed by atoms with Crippen LogP contribution in [0.15, 0.2) is 0 Å². The highest BCUT2D eigenvalue weighted by molar-refractivity contribution is 4.87. The van der Waals surface area contributed by atoms with Crippen LogP contribution < -0.4 is 5.32 Å². The molecule has 0 amide bonds. The molecule has 0 aromatic rings. The zero-order valence-corrected chi connectivity index (χ0v) is 12.3. The van der Waals surface area contributed by atoms with E-state index < -0.39 is 0 Å². The minimum Gasteiger partial charge on any atom is -0.314 e. The van der Waals surface area contributed by atoms with Gasteiger partial charge >= 0.3 is 0 Å². The van der Waals surface area contributed by atoms with Crippen molar-refractivity contribution in [3.63, 3.8) is 0 Å². The molecular formula is C16H31N. The van der Waals surface area contributed by atoms with Gasteiger partial charge < -0.3 is 5.32 Å². The third-order valence-electron chi connectivity index (χ3n) is 5.06. The van der Waals surface area contributed by atoms with Crippen molar-refractivity contribution in [2.45, 2.75) is 72.3 Å². The number of hydrogen-bond donors (Lipinski definition) is 1. The molecule has 17 heavy (non-hydrogen) atoms. The highest BCUT2D eigenvalue weighted by atomic mass is 14.9. The van der Waals surface area contributed by atoms with Gasteiger partial charge in [-0.25, -0.2) is 0 Å². The van der Waals surface area contributed by atoms with Crippen LogP contribution in [0.4, 0.5) is 0 Å². The lowest BCUT2D eigenvalue weighted by Gasteiger charge is -2.42. The monoisotopic (exact) mass is 237 g/mol. The third kappa shape index (κ3) is 3.98. The Morgan fingerprint density at radius 2 is 1.59 bits per heavy atom. The maximum Gasteiger partial charge on any atom is 0.00682 e. The zero-order chi connectivity index (χ0) is 12.5. The summed E-state index contributed by atoms with van der Waals surface area (Å²) in [4.78, 5) is 0. The molecule has 2 aliphatic carbocycles. The summed E-state index contributed by atoms with van der Waals surface area (Å²) in [5.74, 6) is 2.83. The molecule has 1 N–H and O–H groups in total. The predicted octanol–water partition coefficient (Wildman–Crippen LogP) is 4.23. The summed E-state index contributed by atoms with van der Waals surface area (Å²) in [6.07, 6.45) is 8.55. The Balaban J connectivity index is 1.79. The van der Waals surface area contributed by atoms with Crippen LogP contribution >= 0.6 is 0 Å². The van der Waals surface area contributed by atoms with Crippen LogP contribution in [-0.2, 0) is 0 Å². The van der Waals surface area contributed by atoms with E-state index in [4.69, 9.17) is 0 Å². The van der Waals surface area contributed by atoms with Crippen LogP contribution in [0.25, 0.3) is 0 Å². The van der Waals surface area contributed by atoms with Gasteiger partial charge in [-0.05, 0) is 68.2 Å². The lowest BCUT2D eigenvalue weighted by molar-refractivity contribution is 0.0928. The fraction of sp³-hybridized carbons (Fsp3) is 1.00. The van der Waals surface area contributed by atoms with Gasteiger partial charge in [0.25, 0.3) is 0 Å². The van der Waals surface area contributed by atoms with E-state index in [0.717, 1.165) is 23.8 Å². The standard InChI is InChI=1S/C16H31N/c1-12-9-13(2)11-14(10-12)16(3,4)7-8-17-15-5-6-15/h12-15,17H,5-11H2,1-4H3. The van der Waals surface area contributed by atoms with Crippen molar-refractivity contribution in [3.8, 4) is 0 Å². The minimum absolute atomic E-state index is 0.533. The van der Waals surface area contributed by atoms with Crippen LogP contribution in [0.3, 0.4) is 0 Å². The van der Waals surface area contributed by atoms with E-state index in [0.29, 0.717) is 5.41 Å². The number of rotatable bonds is 5. The molecule has 2 unspecified atom stereocenters. The molecule has 1 heteroatoms. The molecule has 1 nitrogen and oxygen atoms in total. The first-order valence-electron chi connectivity index (χ1n) is 7.71. The first-order valence-corrected chi connectivity index (χ1v) is 7.71. The van der Waals surface area contributed by atoms with Gasteiger partial charge in [0.1, 0.15) is 0 Å². The SMILES string of the molecule is CC1CC(C)CC(C(C)(C)CCNC2CC2)C1. The highest BCUT2D eigenvalue weighted by Crippen LogP contribution is 2.44. The third-order valence-corrected chi connectivity index (χ3v) is 5.06. The molecule has 2 atom stereocenters. The normalized spacial score (nSPS) is 34.9. The second kappa shape index (κ2) is 5.30. The topological polar surface area (TPSA) is 12.0 Å². The Morgan fingerprint density at radius 3 is 2.12 bits per heavy atom. The van der Waals surface area contributed by atoms with Crippen LogP contribution in [0.1, 0.15) is 66.2 Å². The Hall–Kier alpha value is -0.0400. The maximum absolute atomic E-state index is 3.67. The van der Waals surface area contributed by atoms with E-state index in [1.165, 1.54) is 45.1 Å². The van der Waals surface area contributed by atoms with Crippen molar-refractivity contribution in [3.05, 3.63) is 0 Å². The Morgan fingerprint density at radius 1 is 1.00 bits per heavy atom. The second-order valence-corrected chi connectivity index (χ2v) is 7.58. The number of hydrogen-bond acceptors (Lipinski definition) is 1. The van der Waals surface area contributed by atoms with Gasteiger partial charge in [-0.1, -0.05) is 27.7 Å². The molecule has 100 valence electrons. The molecule has 0 aromatic heterocycles. The van der Waals surface area contributed by atoms with Crippen molar-refractivity contribution in [2.75, 3.05) is 6.54 Å². The van der Waals surface area contributed by atoms with Gasteiger partial charge in [0, 0.05) is 6.04 Å². The molecule has 0 bridgehead atoms. The lowest BCUT2D eigenvalue weighted by Crippen LogP contribution is -2.34. The van der Waals surface area contributed by atoms with Gasteiger partial charge in [-0.2, -0.15) is 0 Å². The highest BCUT2D eigenvalue weighted by Gasteiger charge is 2.35. The zero-order valence-electron chi connectivity index (χ0n) is 12.3. The van der Waals surface area contributed by atoms with Gasteiger partial charge in [-0.3, -0.25) is 0 Å². The molecule has 2 aliphatic rings. The molecule has 0 aliphatic heterocycles. The number of nitrogens with one attached hydrogen (secondary N) is 1. The Bertz CT molecular complexity index is 232.